The fourth-order valence-electron chi connectivity index (χ4n) is 4.78. The summed E-state index contributed by atoms with van der Waals surface area (Å²) in [6, 6.07) is 12.7. The molecule has 7 nitrogen and oxygen atoms in total. The third kappa shape index (κ3) is 3.65. The maximum atomic E-state index is 6.60. The Balaban J connectivity index is 1.24. The van der Waals surface area contributed by atoms with Crippen LogP contribution in [0.1, 0.15) is 6.42 Å². The normalized spacial score (nSPS) is 25.8. The second kappa shape index (κ2) is 7.98. The second-order valence-electron chi connectivity index (χ2n) is 8.33. The molecule has 3 atom stereocenters. The lowest BCUT2D eigenvalue weighted by molar-refractivity contribution is 0.0295. The summed E-state index contributed by atoms with van der Waals surface area (Å²) in [4.78, 5) is 10.5. The molecular formula is C23H25ClN4O3. The predicted octanol–water partition coefficient (Wildman–Crippen LogP) is 3.23. The van der Waals surface area contributed by atoms with Gasteiger partial charge in [0.05, 0.1) is 35.0 Å². The molecule has 0 saturated carbocycles. The van der Waals surface area contributed by atoms with E-state index >= 15 is 0 Å². The van der Waals surface area contributed by atoms with Crippen LogP contribution in [0.3, 0.4) is 0 Å². The number of nitrogens with one attached hydrogen (secondary N) is 2. The number of aromatic amines is 1. The van der Waals surface area contributed by atoms with Crippen molar-refractivity contribution in [1.82, 2.24) is 15.3 Å². The molecule has 3 aliphatic heterocycles. The topological polar surface area (TPSA) is 71.6 Å². The van der Waals surface area contributed by atoms with Crippen LogP contribution in [0.25, 0.3) is 22.3 Å². The van der Waals surface area contributed by atoms with E-state index in [4.69, 9.17) is 30.8 Å². The van der Waals surface area contributed by atoms with Crippen molar-refractivity contribution in [3.63, 3.8) is 0 Å². The zero-order chi connectivity index (χ0) is 20.8. The quantitative estimate of drug-likeness (QED) is 0.649. The van der Waals surface area contributed by atoms with Crippen LogP contribution in [0.2, 0.25) is 5.02 Å². The SMILES string of the molecule is Clc1cc2[nH]c(O[C@@H]3CN[C@@H]4CCO[C@@H]43)cc2nc1-c1ccc(N2CCOCC2)cc1. The lowest BCUT2D eigenvalue weighted by Crippen LogP contribution is -2.36. The monoisotopic (exact) mass is 440 g/mol. The van der Waals surface area contributed by atoms with Crippen LogP contribution >= 0.6 is 11.6 Å². The summed E-state index contributed by atoms with van der Waals surface area (Å²) in [5, 5.41) is 4.09. The number of nitrogens with zero attached hydrogens (tertiary/aromatic N) is 2. The van der Waals surface area contributed by atoms with Gasteiger partial charge in [-0.15, -0.1) is 0 Å². The third-order valence-corrected chi connectivity index (χ3v) is 6.70. The van der Waals surface area contributed by atoms with E-state index in [1.807, 2.05) is 12.1 Å². The second-order valence-corrected chi connectivity index (χ2v) is 8.73. The summed E-state index contributed by atoms with van der Waals surface area (Å²) in [6.45, 7) is 4.96. The van der Waals surface area contributed by atoms with E-state index in [-0.39, 0.29) is 12.2 Å². The Labute approximate surface area is 185 Å². The van der Waals surface area contributed by atoms with E-state index in [0.29, 0.717) is 16.9 Å². The molecule has 8 heteroatoms. The maximum absolute atomic E-state index is 6.60. The van der Waals surface area contributed by atoms with Crippen molar-refractivity contribution in [3.05, 3.63) is 41.4 Å². The van der Waals surface area contributed by atoms with E-state index in [1.54, 1.807) is 0 Å². The molecule has 31 heavy (non-hydrogen) atoms. The Morgan fingerprint density at radius 1 is 1.10 bits per heavy atom. The fourth-order valence-corrected chi connectivity index (χ4v) is 5.04. The number of H-pyrrole nitrogens is 1. The highest BCUT2D eigenvalue weighted by Gasteiger charge is 2.42. The Morgan fingerprint density at radius 2 is 1.94 bits per heavy atom. The van der Waals surface area contributed by atoms with E-state index in [9.17, 15) is 0 Å². The van der Waals surface area contributed by atoms with Gasteiger partial charge >= 0.3 is 0 Å². The van der Waals surface area contributed by atoms with Gasteiger partial charge < -0.3 is 29.4 Å². The van der Waals surface area contributed by atoms with Gasteiger partial charge in [-0.05, 0) is 24.6 Å². The van der Waals surface area contributed by atoms with Crippen LogP contribution in [0.15, 0.2) is 36.4 Å². The molecule has 0 radical (unpaired) electrons. The van der Waals surface area contributed by atoms with E-state index < -0.39 is 0 Å². The molecule has 0 aliphatic carbocycles. The van der Waals surface area contributed by atoms with Crippen LogP contribution in [0, 0.1) is 0 Å². The summed E-state index contributed by atoms with van der Waals surface area (Å²) < 4.78 is 17.5. The van der Waals surface area contributed by atoms with Crippen molar-refractivity contribution in [3.8, 4) is 17.1 Å². The fraction of sp³-hybridized carbons (Fsp3) is 0.435. The van der Waals surface area contributed by atoms with Crippen LogP contribution in [-0.4, -0.2) is 67.7 Å². The highest BCUT2D eigenvalue weighted by Crippen LogP contribution is 2.33. The van der Waals surface area contributed by atoms with Crippen LogP contribution in [0.4, 0.5) is 5.69 Å². The number of rotatable bonds is 4. The largest absolute Gasteiger partial charge is 0.471 e. The number of ether oxygens (including phenoxy) is 3. The standard InChI is InChI=1S/C23H25ClN4O3/c24-16-11-18-19(12-21(26-18)31-20-13-25-17-5-8-30-23(17)20)27-22(16)14-1-3-15(4-2-14)28-6-9-29-10-7-28/h1-4,11-12,17,20,23,25-26H,5-10,13H2/t17-,20-,23+/m1/s1. The Kier molecular flexibility index (Phi) is 4.99. The molecule has 0 unspecified atom stereocenters. The summed E-state index contributed by atoms with van der Waals surface area (Å²) in [7, 11) is 0. The molecule has 0 amide bonds. The van der Waals surface area contributed by atoms with Gasteiger partial charge in [-0.2, -0.15) is 0 Å². The number of pyridine rings is 1. The Hall–Kier alpha value is -2.32. The van der Waals surface area contributed by atoms with Gasteiger partial charge in [0, 0.05) is 49.6 Å². The van der Waals surface area contributed by atoms with Crippen LogP contribution < -0.4 is 15.0 Å². The number of hydrogen-bond acceptors (Lipinski definition) is 6. The van der Waals surface area contributed by atoms with E-state index in [2.05, 4.69) is 39.5 Å². The van der Waals surface area contributed by atoms with Crippen molar-refractivity contribution in [2.45, 2.75) is 24.7 Å². The lowest BCUT2D eigenvalue weighted by atomic mass is 10.1. The number of aromatic nitrogens is 2. The minimum Gasteiger partial charge on any atom is -0.471 e. The van der Waals surface area contributed by atoms with Gasteiger partial charge in [-0.3, -0.25) is 0 Å². The molecule has 5 heterocycles. The molecule has 3 aliphatic rings. The van der Waals surface area contributed by atoms with Crippen molar-refractivity contribution in [2.75, 3.05) is 44.4 Å². The van der Waals surface area contributed by atoms with Crippen LogP contribution in [0.5, 0.6) is 5.88 Å². The van der Waals surface area contributed by atoms with Gasteiger partial charge in [0.25, 0.3) is 0 Å². The van der Waals surface area contributed by atoms with Gasteiger partial charge in [0.15, 0.2) is 5.88 Å². The molecule has 6 rings (SSSR count). The number of anilines is 1. The summed E-state index contributed by atoms with van der Waals surface area (Å²) in [5.74, 6) is 0.696. The zero-order valence-electron chi connectivity index (χ0n) is 17.1. The molecule has 2 N–H and O–H groups in total. The molecule has 0 spiro atoms. The van der Waals surface area contributed by atoms with Crippen molar-refractivity contribution >= 4 is 28.3 Å². The zero-order valence-corrected chi connectivity index (χ0v) is 17.9. The first-order valence-electron chi connectivity index (χ1n) is 10.9. The first-order valence-corrected chi connectivity index (χ1v) is 11.3. The van der Waals surface area contributed by atoms with Gasteiger partial charge in [0.2, 0.25) is 0 Å². The molecule has 162 valence electrons. The van der Waals surface area contributed by atoms with Gasteiger partial charge in [0.1, 0.15) is 12.2 Å². The van der Waals surface area contributed by atoms with E-state index in [0.717, 1.165) is 68.2 Å². The molecule has 0 bridgehead atoms. The Bertz CT molecular complexity index is 1080. The molecule has 3 fully saturated rings. The molecule has 2 aromatic heterocycles. The van der Waals surface area contributed by atoms with Crippen molar-refractivity contribution in [2.24, 2.45) is 0 Å². The first kappa shape index (κ1) is 19.4. The average Bonchev–Trinajstić information content (AvgIpc) is 3.51. The highest BCUT2D eigenvalue weighted by atomic mass is 35.5. The molecule has 3 aromatic rings. The summed E-state index contributed by atoms with van der Waals surface area (Å²) in [6.07, 6.45) is 1.16. The van der Waals surface area contributed by atoms with Gasteiger partial charge in [-0.1, -0.05) is 23.7 Å². The average molecular weight is 441 g/mol. The summed E-state index contributed by atoms with van der Waals surface area (Å²) >= 11 is 6.60. The molecule has 1 aromatic carbocycles. The molecule has 3 saturated heterocycles. The van der Waals surface area contributed by atoms with Gasteiger partial charge in [-0.25, -0.2) is 4.98 Å². The predicted molar refractivity (Wildman–Crippen MR) is 120 cm³/mol. The lowest BCUT2D eigenvalue weighted by Gasteiger charge is -2.28. The number of hydrogen-bond donors (Lipinski definition) is 2. The third-order valence-electron chi connectivity index (χ3n) is 6.41. The summed E-state index contributed by atoms with van der Waals surface area (Å²) in [5.41, 5.74) is 4.66. The minimum atomic E-state index is 0.00300. The number of fused-ring (bicyclic) bond motifs is 2. The number of halogens is 1. The highest BCUT2D eigenvalue weighted by molar-refractivity contribution is 6.33. The van der Waals surface area contributed by atoms with Crippen molar-refractivity contribution < 1.29 is 14.2 Å². The number of morpholine rings is 1. The van der Waals surface area contributed by atoms with E-state index in [1.165, 1.54) is 5.69 Å². The van der Waals surface area contributed by atoms with Crippen LogP contribution in [-0.2, 0) is 9.47 Å². The molecular weight excluding hydrogens is 416 g/mol. The number of benzene rings is 1. The Morgan fingerprint density at radius 3 is 2.77 bits per heavy atom. The van der Waals surface area contributed by atoms with Crippen molar-refractivity contribution in [1.29, 1.82) is 0 Å². The smallest absolute Gasteiger partial charge is 0.193 e. The first-order chi connectivity index (χ1) is 15.2. The maximum Gasteiger partial charge on any atom is 0.193 e. The minimum absolute atomic E-state index is 0.00300.